The van der Waals surface area contributed by atoms with Gasteiger partial charge in [-0.1, -0.05) is 33.9 Å². The van der Waals surface area contributed by atoms with Gasteiger partial charge in [-0.15, -0.1) is 0 Å². The summed E-state index contributed by atoms with van der Waals surface area (Å²) in [5, 5.41) is 4.83. The maximum Gasteiger partial charge on any atom is 0.147 e. The zero-order valence-corrected chi connectivity index (χ0v) is 8.51. The van der Waals surface area contributed by atoms with Crippen LogP contribution in [0.15, 0.2) is 10.6 Å². The molecule has 0 unspecified atom stereocenters. The van der Waals surface area contributed by atoms with Crippen LogP contribution in [0.5, 0.6) is 0 Å². The van der Waals surface area contributed by atoms with Gasteiger partial charge in [0.1, 0.15) is 5.76 Å². The fourth-order valence-electron chi connectivity index (χ4n) is 1.81. The molecule has 1 aromatic heterocycles. The van der Waals surface area contributed by atoms with Crippen molar-refractivity contribution in [1.82, 2.24) is 5.16 Å². The highest BCUT2D eigenvalue weighted by atomic mass is 79.9. The van der Waals surface area contributed by atoms with Crippen molar-refractivity contribution in [1.29, 1.82) is 0 Å². The Bertz CT molecular complexity index is 253. The summed E-state index contributed by atoms with van der Waals surface area (Å²) < 4.78 is 5.13. The second kappa shape index (κ2) is 3.60. The number of nitrogens with zero attached hydrogens (tertiary/aromatic N) is 1. The van der Waals surface area contributed by atoms with Crippen molar-refractivity contribution in [2.24, 2.45) is 0 Å². The van der Waals surface area contributed by atoms with Crippen LogP contribution >= 0.6 is 15.9 Å². The van der Waals surface area contributed by atoms with Crippen LogP contribution in [0.25, 0.3) is 0 Å². The Morgan fingerprint density at radius 1 is 1.50 bits per heavy atom. The molecule has 2 rings (SSSR count). The normalized spacial score (nSPS) is 18.8. The molecule has 1 saturated carbocycles. The Hall–Kier alpha value is -0.310. The van der Waals surface area contributed by atoms with E-state index in [1.807, 2.05) is 0 Å². The quantitative estimate of drug-likeness (QED) is 0.729. The fourth-order valence-corrected chi connectivity index (χ4v) is 2.07. The molecule has 1 fully saturated rings. The number of alkyl halides is 1. The van der Waals surface area contributed by atoms with E-state index >= 15 is 0 Å². The molecule has 0 aliphatic heterocycles. The lowest BCUT2D eigenvalue weighted by Gasteiger charge is -2.00. The van der Waals surface area contributed by atoms with E-state index in [4.69, 9.17) is 4.52 Å². The van der Waals surface area contributed by atoms with Crippen LogP contribution in [0, 0.1) is 0 Å². The molecule has 0 N–H and O–H groups in total. The molecule has 2 nitrogen and oxygen atoms in total. The molecule has 0 atom stereocenters. The van der Waals surface area contributed by atoms with Gasteiger partial charge in [0.2, 0.25) is 0 Å². The van der Waals surface area contributed by atoms with Gasteiger partial charge in [-0.3, -0.25) is 0 Å². The summed E-state index contributed by atoms with van der Waals surface area (Å²) in [5.74, 6) is 1.61. The summed E-state index contributed by atoms with van der Waals surface area (Å²) in [6.07, 6.45) is 5.27. The van der Waals surface area contributed by atoms with Crippen LogP contribution in [0.1, 0.15) is 43.1 Å². The van der Waals surface area contributed by atoms with E-state index < -0.39 is 0 Å². The van der Waals surface area contributed by atoms with Crippen LogP contribution in [0.4, 0.5) is 0 Å². The minimum absolute atomic E-state index is 0.668. The third-order valence-corrected chi connectivity index (χ3v) is 3.03. The number of aromatic nitrogens is 1. The van der Waals surface area contributed by atoms with Crippen LogP contribution in [-0.4, -0.2) is 5.16 Å². The van der Waals surface area contributed by atoms with E-state index in [-0.39, 0.29) is 0 Å². The summed E-state index contributed by atoms with van der Waals surface area (Å²) in [6.45, 7) is 0. The third-order valence-electron chi connectivity index (χ3n) is 2.48. The maximum absolute atomic E-state index is 5.13. The van der Waals surface area contributed by atoms with Crippen molar-refractivity contribution >= 4 is 15.9 Å². The van der Waals surface area contributed by atoms with Gasteiger partial charge in [-0.05, 0) is 12.8 Å². The molecule has 0 radical (unpaired) electrons. The third kappa shape index (κ3) is 1.56. The Balaban J connectivity index is 2.11. The van der Waals surface area contributed by atoms with Crippen LogP contribution in [-0.2, 0) is 5.33 Å². The van der Waals surface area contributed by atoms with E-state index in [9.17, 15) is 0 Å². The highest BCUT2D eigenvalue weighted by Crippen LogP contribution is 2.33. The van der Waals surface area contributed by atoms with Gasteiger partial charge in [-0.2, -0.15) is 0 Å². The Morgan fingerprint density at radius 3 is 2.83 bits per heavy atom. The van der Waals surface area contributed by atoms with Gasteiger partial charge in [0.25, 0.3) is 0 Å². The summed E-state index contributed by atoms with van der Waals surface area (Å²) in [5.41, 5.74) is 1.15. The molecule has 1 aliphatic rings. The highest BCUT2D eigenvalue weighted by molar-refractivity contribution is 9.08. The number of hydrogen-bond donors (Lipinski definition) is 0. The first kappa shape index (κ1) is 8.30. The van der Waals surface area contributed by atoms with E-state index in [2.05, 4.69) is 27.2 Å². The van der Waals surface area contributed by atoms with Crippen molar-refractivity contribution in [3.05, 3.63) is 17.5 Å². The lowest BCUT2D eigenvalue weighted by molar-refractivity contribution is 0.383. The van der Waals surface area contributed by atoms with Crippen LogP contribution < -0.4 is 0 Å². The zero-order chi connectivity index (χ0) is 8.39. The van der Waals surface area contributed by atoms with Gasteiger partial charge < -0.3 is 4.52 Å². The Morgan fingerprint density at radius 2 is 2.25 bits per heavy atom. The number of rotatable bonds is 2. The Kier molecular flexibility index (Phi) is 2.49. The lowest BCUT2D eigenvalue weighted by atomic mass is 10.0. The van der Waals surface area contributed by atoms with Crippen molar-refractivity contribution in [2.75, 3.05) is 0 Å². The maximum atomic E-state index is 5.13. The molecule has 12 heavy (non-hydrogen) atoms. The first-order chi connectivity index (χ1) is 5.90. The summed E-state index contributed by atoms with van der Waals surface area (Å²) >= 11 is 3.35. The predicted molar refractivity (Wildman–Crippen MR) is 50.3 cm³/mol. The van der Waals surface area contributed by atoms with E-state index in [1.54, 1.807) is 0 Å². The molecule has 1 aromatic rings. The molecular formula is C9H12BrNO. The molecule has 0 spiro atoms. The van der Waals surface area contributed by atoms with Crippen LogP contribution in [0.3, 0.4) is 0 Å². The fraction of sp³-hybridized carbons (Fsp3) is 0.667. The molecule has 0 bridgehead atoms. The summed E-state index contributed by atoms with van der Waals surface area (Å²) in [7, 11) is 0. The van der Waals surface area contributed by atoms with Crippen molar-refractivity contribution in [2.45, 2.75) is 36.9 Å². The minimum Gasteiger partial charge on any atom is -0.360 e. The second-order valence-corrected chi connectivity index (χ2v) is 3.89. The molecule has 0 aromatic carbocycles. The highest BCUT2D eigenvalue weighted by Gasteiger charge is 2.20. The topological polar surface area (TPSA) is 26.0 Å². The average Bonchev–Trinajstić information content (AvgIpc) is 2.75. The van der Waals surface area contributed by atoms with Gasteiger partial charge in [0.15, 0.2) is 0 Å². The average molecular weight is 230 g/mol. The van der Waals surface area contributed by atoms with E-state index in [0.29, 0.717) is 5.92 Å². The van der Waals surface area contributed by atoms with Gasteiger partial charge in [0, 0.05) is 12.0 Å². The van der Waals surface area contributed by atoms with E-state index in [1.165, 1.54) is 25.7 Å². The van der Waals surface area contributed by atoms with Crippen molar-refractivity contribution in [3.63, 3.8) is 0 Å². The van der Waals surface area contributed by atoms with Gasteiger partial charge in [0.05, 0.1) is 11.0 Å². The summed E-state index contributed by atoms with van der Waals surface area (Å²) in [6, 6.07) is 2.07. The summed E-state index contributed by atoms with van der Waals surface area (Å²) in [4.78, 5) is 0. The molecular weight excluding hydrogens is 218 g/mol. The monoisotopic (exact) mass is 229 g/mol. The zero-order valence-electron chi connectivity index (χ0n) is 6.92. The molecule has 0 amide bonds. The Labute approximate surface area is 80.4 Å². The van der Waals surface area contributed by atoms with Crippen LogP contribution in [0.2, 0.25) is 0 Å². The molecule has 0 saturated heterocycles. The van der Waals surface area contributed by atoms with Crippen molar-refractivity contribution < 1.29 is 4.52 Å². The van der Waals surface area contributed by atoms with Crippen molar-refractivity contribution in [3.8, 4) is 0 Å². The first-order valence-electron chi connectivity index (χ1n) is 4.41. The van der Waals surface area contributed by atoms with E-state index in [0.717, 1.165) is 16.8 Å². The first-order valence-corrected chi connectivity index (χ1v) is 5.54. The number of halogens is 1. The predicted octanol–water partition coefficient (Wildman–Crippen LogP) is 3.23. The SMILES string of the molecule is BrCc1cc(C2CCCC2)no1. The largest absolute Gasteiger partial charge is 0.360 e. The molecule has 1 heterocycles. The second-order valence-electron chi connectivity index (χ2n) is 3.33. The molecule has 1 aliphatic carbocycles. The number of hydrogen-bond acceptors (Lipinski definition) is 2. The van der Waals surface area contributed by atoms with Gasteiger partial charge in [-0.25, -0.2) is 0 Å². The smallest absolute Gasteiger partial charge is 0.147 e. The molecule has 66 valence electrons. The minimum atomic E-state index is 0.668. The lowest BCUT2D eigenvalue weighted by Crippen LogP contribution is -1.90. The standard InChI is InChI=1S/C9H12BrNO/c10-6-8-5-9(11-12-8)7-3-1-2-4-7/h5,7H,1-4,6H2. The van der Waals surface area contributed by atoms with Gasteiger partial charge >= 0.3 is 0 Å². The molecule has 3 heteroatoms.